The number of nitrogens with zero attached hydrogens (tertiary/aromatic N) is 2. The Kier molecular flexibility index (Phi) is 4.61. The van der Waals surface area contributed by atoms with Crippen LogP contribution in [0.25, 0.3) is 0 Å². The van der Waals surface area contributed by atoms with Gasteiger partial charge in [0.1, 0.15) is 10.6 Å². The summed E-state index contributed by atoms with van der Waals surface area (Å²) in [5.41, 5.74) is 6.07. The van der Waals surface area contributed by atoms with Crippen molar-refractivity contribution in [3.8, 4) is 5.75 Å². The molecule has 0 amide bonds. The van der Waals surface area contributed by atoms with Crippen molar-refractivity contribution >= 4 is 27.4 Å². The third kappa shape index (κ3) is 3.41. The molecule has 0 bridgehead atoms. The van der Waals surface area contributed by atoms with Crippen LogP contribution in [0.3, 0.4) is 0 Å². The number of nitrogens with two attached hydrogens (primary N) is 1. The van der Waals surface area contributed by atoms with Crippen molar-refractivity contribution in [2.45, 2.75) is 11.4 Å². The summed E-state index contributed by atoms with van der Waals surface area (Å²) in [6, 6.07) is 5.89. The number of nitrogens with one attached hydrogen (secondary N) is 1. The predicted octanol–water partition coefficient (Wildman–Crippen LogP) is 1.40. The van der Waals surface area contributed by atoms with E-state index in [1.54, 1.807) is 12.1 Å². The average Bonchev–Trinajstić information content (AvgIpc) is 2.46. The Labute approximate surface area is 127 Å². The summed E-state index contributed by atoms with van der Waals surface area (Å²) in [6.45, 7) is 0.0946. The van der Waals surface area contributed by atoms with Crippen molar-refractivity contribution in [2.75, 3.05) is 11.8 Å². The van der Waals surface area contributed by atoms with Crippen LogP contribution >= 0.6 is 11.6 Å². The smallest absolute Gasteiger partial charge is 0.266 e. The molecule has 0 unspecified atom stereocenters. The molecule has 1 aromatic heterocycles. The molecule has 0 radical (unpaired) electrons. The zero-order valence-electron chi connectivity index (χ0n) is 11.1. The molecule has 112 valence electrons. The van der Waals surface area contributed by atoms with Gasteiger partial charge < -0.3 is 10.5 Å². The van der Waals surface area contributed by atoms with Gasteiger partial charge in [0, 0.05) is 23.3 Å². The van der Waals surface area contributed by atoms with Gasteiger partial charge in [-0.15, -0.1) is 5.10 Å². The third-order valence-electron chi connectivity index (χ3n) is 2.62. The van der Waals surface area contributed by atoms with Gasteiger partial charge >= 0.3 is 0 Å². The van der Waals surface area contributed by atoms with Crippen LogP contribution < -0.4 is 15.2 Å². The van der Waals surface area contributed by atoms with Crippen LogP contribution in [-0.4, -0.2) is 25.7 Å². The van der Waals surface area contributed by atoms with E-state index in [1.807, 2.05) is 0 Å². The highest BCUT2D eigenvalue weighted by molar-refractivity contribution is 7.92. The van der Waals surface area contributed by atoms with Crippen molar-refractivity contribution in [3.05, 3.63) is 41.0 Å². The molecular formula is C12H13ClN4O3S. The number of benzene rings is 1. The van der Waals surface area contributed by atoms with Crippen LogP contribution in [0.1, 0.15) is 5.56 Å². The molecular weight excluding hydrogens is 316 g/mol. The third-order valence-corrected chi connectivity index (χ3v) is 4.20. The first-order valence-corrected chi connectivity index (χ1v) is 7.71. The van der Waals surface area contributed by atoms with Crippen LogP contribution in [0, 0.1) is 0 Å². The van der Waals surface area contributed by atoms with Gasteiger partial charge in [-0.1, -0.05) is 11.6 Å². The Morgan fingerprint density at radius 1 is 1.43 bits per heavy atom. The van der Waals surface area contributed by atoms with Gasteiger partial charge in [0.15, 0.2) is 5.82 Å². The highest BCUT2D eigenvalue weighted by Gasteiger charge is 2.23. The lowest BCUT2D eigenvalue weighted by Crippen LogP contribution is -2.16. The SMILES string of the molecule is COc1c(CN)cc(Cl)cc1S(=O)(=O)Nc1cccnn1. The quantitative estimate of drug-likeness (QED) is 0.859. The highest BCUT2D eigenvalue weighted by Crippen LogP contribution is 2.32. The number of hydrogen-bond donors (Lipinski definition) is 2. The second kappa shape index (κ2) is 6.25. The van der Waals surface area contributed by atoms with Crippen molar-refractivity contribution in [2.24, 2.45) is 5.73 Å². The number of ether oxygens (including phenoxy) is 1. The fourth-order valence-electron chi connectivity index (χ4n) is 1.75. The predicted molar refractivity (Wildman–Crippen MR) is 78.7 cm³/mol. The van der Waals surface area contributed by atoms with Gasteiger partial charge in [0.25, 0.3) is 10.0 Å². The molecule has 21 heavy (non-hydrogen) atoms. The zero-order valence-corrected chi connectivity index (χ0v) is 12.6. The average molecular weight is 329 g/mol. The van der Waals surface area contributed by atoms with Crippen LogP contribution in [-0.2, 0) is 16.6 Å². The Morgan fingerprint density at radius 2 is 2.19 bits per heavy atom. The van der Waals surface area contributed by atoms with Crippen LogP contribution in [0.15, 0.2) is 35.4 Å². The van der Waals surface area contributed by atoms with E-state index in [0.717, 1.165) is 0 Å². The maximum atomic E-state index is 12.4. The number of sulfonamides is 1. The monoisotopic (exact) mass is 328 g/mol. The number of aromatic nitrogens is 2. The first kappa shape index (κ1) is 15.5. The van der Waals surface area contributed by atoms with Crippen LogP contribution in [0.2, 0.25) is 5.02 Å². The molecule has 0 aliphatic carbocycles. The number of rotatable bonds is 5. The first-order chi connectivity index (χ1) is 9.97. The van der Waals surface area contributed by atoms with E-state index in [-0.39, 0.29) is 28.0 Å². The Bertz CT molecular complexity index is 738. The summed E-state index contributed by atoms with van der Waals surface area (Å²) in [5, 5.41) is 7.52. The summed E-state index contributed by atoms with van der Waals surface area (Å²) in [5.74, 6) is 0.243. The van der Waals surface area contributed by atoms with Crippen molar-refractivity contribution in [3.63, 3.8) is 0 Å². The number of methoxy groups -OCH3 is 1. The molecule has 0 saturated carbocycles. The maximum Gasteiger partial charge on any atom is 0.266 e. The second-order valence-corrected chi connectivity index (χ2v) is 6.10. The molecule has 7 nitrogen and oxygen atoms in total. The molecule has 0 aliphatic rings. The number of halogens is 1. The molecule has 2 aromatic rings. The molecule has 0 aliphatic heterocycles. The van der Waals surface area contributed by atoms with E-state index in [0.29, 0.717) is 5.56 Å². The van der Waals surface area contributed by atoms with E-state index in [9.17, 15) is 8.42 Å². The van der Waals surface area contributed by atoms with E-state index in [2.05, 4.69) is 14.9 Å². The lowest BCUT2D eigenvalue weighted by atomic mass is 10.2. The molecule has 3 N–H and O–H groups in total. The minimum absolute atomic E-state index is 0.0915. The van der Waals surface area contributed by atoms with Crippen LogP contribution in [0.4, 0.5) is 5.82 Å². The number of anilines is 1. The number of hydrogen-bond acceptors (Lipinski definition) is 6. The van der Waals surface area contributed by atoms with Gasteiger partial charge in [0.05, 0.1) is 7.11 Å². The van der Waals surface area contributed by atoms with Gasteiger partial charge in [-0.05, 0) is 24.3 Å². The molecule has 1 aromatic carbocycles. The Balaban J connectivity index is 2.51. The summed E-state index contributed by atoms with van der Waals surface area (Å²) in [4.78, 5) is -0.108. The van der Waals surface area contributed by atoms with Crippen LogP contribution in [0.5, 0.6) is 5.75 Å². The van der Waals surface area contributed by atoms with E-state index in [4.69, 9.17) is 22.1 Å². The maximum absolute atomic E-state index is 12.4. The molecule has 0 atom stereocenters. The van der Waals surface area contributed by atoms with E-state index < -0.39 is 10.0 Å². The molecule has 1 heterocycles. The van der Waals surface area contributed by atoms with Crippen molar-refractivity contribution in [1.82, 2.24) is 10.2 Å². The molecule has 9 heteroatoms. The van der Waals surface area contributed by atoms with Crippen molar-refractivity contribution < 1.29 is 13.2 Å². The minimum atomic E-state index is -3.93. The molecule has 0 spiro atoms. The molecule has 0 fully saturated rings. The van der Waals surface area contributed by atoms with Gasteiger partial charge in [0.2, 0.25) is 0 Å². The lowest BCUT2D eigenvalue weighted by Gasteiger charge is -2.14. The lowest BCUT2D eigenvalue weighted by molar-refractivity contribution is 0.398. The van der Waals surface area contributed by atoms with Gasteiger partial charge in [-0.3, -0.25) is 4.72 Å². The topological polar surface area (TPSA) is 107 Å². The second-order valence-electron chi connectivity index (χ2n) is 4.01. The first-order valence-electron chi connectivity index (χ1n) is 5.85. The fourth-order valence-corrected chi connectivity index (χ4v) is 3.29. The normalized spacial score (nSPS) is 11.2. The van der Waals surface area contributed by atoms with Gasteiger partial charge in [-0.25, -0.2) is 8.42 Å². The van der Waals surface area contributed by atoms with E-state index in [1.165, 1.54) is 25.4 Å². The highest BCUT2D eigenvalue weighted by atomic mass is 35.5. The summed E-state index contributed by atoms with van der Waals surface area (Å²) in [6.07, 6.45) is 1.43. The van der Waals surface area contributed by atoms with E-state index >= 15 is 0 Å². The Morgan fingerprint density at radius 3 is 2.76 bits per heavy atom. The fraction of sp³-hybridized carbons (Fsp3) is 0.167. The standard InChI is InChI=1S/C12H13ClN4O3S/c1-20-12-8(7-14)5-9(13)6-10(12)21(18,19)17-11-3-2-4-15-16-11/h2-6H,7,14H2,1H3,(H,16,17). The van der Waals surface area contributed by atoms with Crippen molar-refractivity contribution in [1.29, 1.82) is 0 Å². The van der Waals surface area contributed by atoms with Gasteiger partial charge in [-0.2, -0.15) is 5.10 Å². The summed E-state index contributed by atoms with van der Waals surface area (Å²) >= 11 is 5.94. The molecule has 2 rings (SSSR count). The summed E-state index contributed by atoms with van der Waals surface area (Å²) in [7, 11) is -2.56. The zero-order chi connectivity index (χ0) is 15.5. The summed E-state index contributed by atoms with van der Waals surface area (Å²) < 4.78 is 32.3. The largest absolute Gasteiger partial charge is 0.495 e. The molecule has 0 saturated heterocycles. The Hall–Kier alpha value is -1.90. The minimum Gasteiger partial charge on any atom is -0.495 e.